The van der Waals surface area contributed by atoms with Gasteiger partial charge in [-0.05, 0) is 50.1 Å². The minimum atomic E-state index is -3.54. The molecule has 0 aliphatic rings. The summed E-state index contributed by atoms with van der Waals surface area (Å²) in [5.41, 5.74) is 3.51. The van der Waals surface area contributed by atoms with Gasteiger partial charge in [0.15, 0.2) is 0 Å². The summed E-state index contributed by atoms with van der Waals surface area (Å²) in [4.78, 5) is 14.5. The zero-order valence-corrected chi connectivity index (χ0v) is 19.2. The molecular formula is C21H25Cl2NO4S. The SMILES string of the molecule is Cc1cc(C)cc(C(=O)N(C)CC(CCOS(C)(=O)=O)c2ccc(Cl)c(Cl)c2)c1. The molecule has 0 aliphatic carbocycles. The highest BCUT2D eigenvalue weighted by Crippen LogP contribution is 2.29. The van der Waals surface area contributed by atoms with Crippen LogP contribution in [0.2, 0.25) is 10.0 Å². The van der Waals surface area contributed by atoms with Crippen LogP contribution in [0.15, 0.2) is 36.4 Å². The molecule has 29 heavy (non-hydrogen) atoms. The predicted octanol–water partition coefficient (Wildman–Crippen LogP) is 4.83. The normalized spacial score (nSPS) is 12.6. The molecule has 0 aliphatic heterocycles. The Kier molecular flexibility index (Phi) is 8.11. The summed E-state index contributed by atoms with van der Waals surface area (Å²) in [7, 11) is -1.82. The lowest BCUT2D eigenvalue weighted by atomic mass is 9.95. The molecule has 2 aromatic carbocycles. The lowest BCUT2D eigenvalue weighted by Gasteiger charge is -2.25. The summed E-state index contributed by atoms with van der Waals surface area (Å²) >= 11 is 12.2. The molecule has 1 atom stereocenters. The molecule has 0 saturated carbocycles. The van der Waals surface area contributed by atoms with E-state index in [0.29, 0.717) is 28.6 Å². The van der Waals surface area contributed by atoms with Crippen molar-refractivity contribution in [2.24, 2.45) is 0 Å². The van der Waals surface area contributed by atoms with Crippen molar-refractivity contribution in [3.05, 3.63) is 68.7 Å². The van der Waals surface area contributed by atoms with Gasteiger partial charge in [-0.25, -0.2) is 0 Å². The zero-order valence-electron chi connectivity index (χ0n) is 16.9. The summed E-state index contributed by atoms with van der Waals surface area (Å²) in [6, 6.07) is 11.0. The lowest BCUT2D eigenvalue weighted by Crippen LogP contribution is -2.31. The molecule has 0 saturated heterocycles. The van der Waals surface area contributed by atoms with Crippen molar-refractivity contribution in [2.75, 3.05) is 26.5 Å². The van der Waals surface area contributed by atoms with E-state index in [9.17, 15) is 13.2 Å². The molecule has 158 valence electrons. The molecule has 8 heteroatoms. The van der Waals surface area contributed by atoms with Gasteiger partial charge in [-0.1, -0.05) is 46.5 Å². The number of benzene rings is 2. The third-order valence-corrected chi connectivity index (χ3v) is 5.82. The van der Waals surface area contributed by atoms with Crippen molar-refractivity contribution in [3.63, 3.8) is 0 Å². The Bertz CT molecular complexity index is 972. The Hall–Kier alpha value is -1.60. The van der Waals surface area contributed by atoms with Crippen molar-refractivity contribution >= 4 is 39.2 Å². The summed E-state index contributed by atoms with van der Waals surface area (Å²) in [5.74, 6) is -0.280. The molecule has 2 aromatic rings. The van der Waals surface area contributed by atoms with E-state index in [1.807, 2.05) is 38.1 Å². The molecule has 0 spiro atoms. The molecular weight excluding hydrogens is 433 g/mol. The third kappa shape index (κ3) is 7.30. The smallest absolute Gasteiger partial charge is 0.264 e. The Morgan fingerprint density at radius 3 is 2.24 bits per heavy atom. The first-order valence-electron chi connectivity index (χ1n) is 9.09. The van der Waals surface area contributed by atoms with E-state index in [2.05, 4.69) is 0 Å². The fourth-order valence-electron chi connectivity index (χ4n) is 3.20. The van der Waals surface area contributed by atoms with Crippen LogP contribution in [0.4, 0.5) is 0 Å². The zero-order chi connectivity index (χ0) is 21.8. The van der Waals surface area contributed by atoms with Gasteiger partial charge in [0.2, 0.25) is 0 Å². The van der Waals surface area contributed by atoms with Gasteiger partial charge < -0.3 is 4.90 Å². The number of hydrogen-bond donors (Lipinski definition) is 0. The summed E-state index contributed by atoms with van der Waals surface area (Å²) < 4.78 is 27.5. The van der Waals surface area contributed by atoms with Crippen LogP contribution in [-0.2, 0) is 14.3 Å². The highest BCUT2D eigenvalue weighted by atomic mass is 35.5. The van der Waals surface area contributed by atoms with Gasteiger partial charge in [-0.3, -0.25) is 8.98 Å². The number of carbonyl (C=O) groups is 1. The summed E-state index contributed by atoms with van der Waals surface area (Å²) in [6.45, 7) is 4.28. The predicted molar refractivity (Wildman–Crippen MR) is 117 cm³/mol. The van der Waals surface area contributed by atoms with Gasteiger partial charge >= 0.3 is 0 Å². The van der Waals surface area contributed by atoms with Gasteiger partial charge in [0.05, 0.1) is 22.9 Å². The van der Waals surface area contributed by atoms with Crippen molar-refractivity contribution in [1.29, 1.82) is 0 Å². The first kappa shape index (κ1) is 23.7. The maximum Gasteiger partial charge on any atom is 0.264 e. The van der Waals surface area contributed by atoms with E-state index in [1.165, 1.54) is 0 Å². The van der Waals surface area contributed by atoms with Crippen LogP contribution in [0.3, 0.4) is 0 Å². The maximum atomic E-state index is 12.9. The van der Waals surface area contributed by atoms with Crippen LogP contribution in [0.5, 0.6) is 0 Å². The Labute approximate surface area is 182 Å². The molecule has 0 N–H and O–H groups in total. The van der Waals surface area contributed by atoms with E-state index in [4.69, 9.17) is 27.4 Å². The van der Waals surface area contributed by atoms with Crippen LogP contribution < -0.4 is 0 Å². The second kappa shape index (κ2) is 9.94. The van der Waals surface area contributed by atoms with Crippen LogP contribution >= 0.6 is 23.2 Å². The average molecular weight is 458 g/mol. The molecule has 0 bridgehead atoms. The minimum absolute atomic E-state index is 0.00926. The lowest BCUT2D eigenvalue weighted by molar-refractivity contribution is 0.0781. The average Bonchev–Trinajstić information content (AvgIpc) is 2.60. The minimum Gasteiger partial charge on any atom is -0.341 e. The van der Waals surface area contributed by atoms with E-state index < -0.39 is 10.1 Å². The number of aryl methyl sites for hydroxylation is 2. The molecule has 0 radical (unpaired) electrons. The highest BCUT2D eigenvalue weighted by molar-refractivity contribution is 7.85. The topological polar surface area (TPSA) is 63.7 Å². The van der Waals surface area contributed by atoms with Crippen LogP contribution in [-0.4, -0.2) is 45.7 Å². The standard InChI is InChI=1S/C21H25Cl2NO4S/c1-14-9-15(2)11-18(10-14)21(25)24(3)13-17(7-8-28-29(4,26)27)16-5-6-19(22)20(23)12-16/h5-6,9-12,17H,7-8,13H2,1-4H3. The number of rotatable bonds is 8. The highest BCUT2D eigenvalue weighted by Gasteiger charge is 2.20. The Balaban J connectivity index is 2.22. The molecule has 0 fully saturated rings. The van der Waals surface area contributed by atoms with Crippen LogP contribution in [0.1, 0.15) is 39.4 Å². The maximum absolute atomic E-state index is 12.9. The molecule has 1 amide bonds. The summed E-state index contributed by atoms with van der Waals surface area (Å²) in [5, 5.41) is 0.836. The van der Waals surface area contributed by atoms with Gasteiger partial charge in [0.25, 0.3) is 16.0 Å². The van der Waals surface area contributed by atoms with Gasteiger partial charge in [0, 0.05) is 25.1 Å². The van der Waals surface area contributed by atoms with Crippen molar-refractivity contribution < 1.29 is 17.4 Å². The van der Waals surface area contributed by atoms with E-state index in [0.717, 1.165) is 22.9 Å². The fraction of sp³-hybridized carbons (Fsp3) is 0.381. The van der Waals surface area contributed by atoms with Crippen LogP contribution in [0.25, 0.3) is 0 Å². The first-order chi connectivity index (χ1) is 13.5. The molecule has 2 rings (SSSR count). The van der Waals surface area contributed by atoms with Crippen molar-refractivity contribution in [3.8, 4) is 0 Å². The summed E-state index contributed by atoms with van der Waals surface area (Å²) in [6.07, 6.45) is 1.41. The molecule has 1 unspecified atom stereocenters. The first-order valence-corrected chi connectivity index (χ1v) is 11.7. The van der Waals surface area contributed by atoms with Crippen molar-refractivity contribution in [2.45, 2.75) is 26.2 Å². The molecule has 0 aromatic heterocycles. The third-order valence-electron chi connectivity index (χ3n) is 4.49. The number of likely N-dealkylation sites (N-methyl/N-ethyl adjacent to an activating group) is 1. The van der Waals surface area contributed by atoms with E-state index in [1.54, 1.807) is 24.1 Å². The second-order valence-corrected chi connectivity index (χ2v) is 9.71. The quantitative estimate of drug-likeness (QED) is 0.532. The van der Waals surface area contributed by atoms with Crippen LogP contribution in [0, 0.1) is 13.8 Å². The molecule has 5 nitrogen and oxygen atoms in total. The Morgan fingerprint density at radius 2 is 1.69 bits per heavy atom. The monoisotopic (exact) mass is 457 g/mol. The number of hydrogen-bond acceptors (Lipinski definition) is 4. The number of amides is 1. The number of nitrogens with zero attached hydrogens (tertiary/aromatic N) is 1. The van der Waals surface area contributed by atoms with Crippen molar-refractivity contribution in [1.82, 2.24) is 4.90 Å². The molecule has 0 heterocycles. The number of halogens is 2. The van der Waals surface area contributed by atoms with Gasteiger partial charge in [-0.15, -0.1) is 0 Å². The Morgan fingerprint density at radius 1 is 1.07 bits per heavy atom. The van der Waals surface area contributed by atoms with Gasteiger partial charge in [0.1, 0.15) is 0 Å². The number of carbonyl (C=O) groups excluding carboxylic acids is 1. The largest absolute Gasteiger partial charge is 0.341 e. The van der Waals surface area contributed by atoms with Gasteiger partial charge in [-0.2, -0.15) is 8.42 Å². The van der Waals surface area contributed by atoms with E-state index >= 15 is 0 Å². The second-order valence-electron chi connectivity index (χ2n) is 7.25. The fourth-order valence-corrected chi connectivity index (χ4v) is 3.91. The van der Waals surface area contributed by atoms with E-state index in [-0.39, 0.29) is 18.4 Å².